The molecule has 2 aliphatic rings. The van der Waals surface area contributed by atoms with Gasteiger partial charge in [-0.1, -0.05) is 68.3 Å². The smallest absolute Gasteiger partial charge is 0.266 e. The van der Waals surface area contributed by atoms with Gasteiger partial charge in [0.15, 0.2) is 6.10 Å². The fourth-order valence-electron chi connectivity index (χ4n) is 4.87. The second-order valence-electron chi connectivity index (χ2n) is 9.03. The van der Waals surface area contributed by atoms with E-state index in [0.717, 1.165) is 36.3 Å². The Labute approximate surface area is 206 Å². The molecule has 3 atom stereocenters. The lowest BCUT2D eigenvalue weighted by Gasteiger charge is -2.28. The van der Waals surface area contributed by atoms with Gasteiger partial charge in [-0.15, -0.1) is 0 Å². The van der Waals surface area contributed by atoms with Crippen LogP contribution in [0, 0.1) is 5.92 Å². The molecule has 0 unspecified atom stereocenters. The summed E-state index contributed by atoms with van der Waals surface area (Å²) in [5, 5.41) is 1.75. The number of anilines is 2. The van der Waals surface area contributed by atoms with Gasteiger partial charge in [0.1, 0.15) is 11.7 Å². The second kappa shape index (κ2) is 10.3. The summed E-state index contributed by atoms with van der Waals surface area (Å²) in [4.78, 5) is 34.6. The van der Waals surface area contributed by atoms with Crippen molar-refractivity contribution in [1.29, 1.82) is 0 Å². The number of para-hydroxylation sites is 1. The first kappa shape index (κ1) is 23.1. The molecule has 3 aromatic carbocycles. The molecule has 35 heavy (non-hydrogen) atoms. The Morgan fingerprint density at radius 1 is 0.800 bits per heavy atom. The number of carbonyl (C=O) groups excluding carboxylic acids is 2. The fraction of sp³-hybridized carbons (Fsp3) is 0.310. The van der Waals surface area contributed by atoms with Crippen LogP contribution >= 0.6 is 0 Å². The molecule has 2 aliphatic heterocycles. The van der Waals surface area contributed by atoms with E-state index in [1.807, 2.05) is 72.8 Å². The molecule has 6 nitrogen and oxygen atoms in total. The minimum absolute atomic E-state index is 0.226. The van der Waals surface area contributed by atoms with Gasteiger partial charge in [-0.05, 0) is 54.8 Å². The number of amides is 2. The van der Waals surface area contributed by atoms with Gasteiger partial charge in [-0.2, -0.15) is 0 Å². The number of imide groups is 1. The van der Waals surface area contributed by atoms with Crippen molar-refractivity contribution in [2.75, 3.05) is 16.6 Å². The maximum Gasteiger partial charge on any atom is 0.266 e. The lowest BCUT2D eigenvalue weighted by Crippen LogP contribution is -2.41. The number of carbonyl (C=O) groups is 2. The number of hydrogen-bond acceptors (Lipinski definition) is 5. The molecule has 6 heteroatoms. The number of hydroxylamine groups is 1. The number of hydrogen-bond donors (Lipinski definition) is 0. The van der Waals surface area contributed by atoms with Crippen LogP contribution in [0.2, 0.25) is 0 Å². The molecule has 2 saturated heterocycles. The minimum atomic E-state index is -0.846. The Morgan fingerprint density at radius 2 is 1.49 bits per heavy atom. The first-order valence-corrected chi connectivity index (χ1v) is 12.3. The van der Waals surface area contributed by atoms with Crippen molar-refractivity contribution >= 4 is 23.2 Å². The van der Waals surface area contributed by atoms with E-state index in [1.165, 1.54) is 4.90 Å². The molecule has 180 valence electrons. The second-order valence-corrected chi connectivity index (χ2v) is 9.03. The van der Waals surface area contributed by atoms with Crippen LogP contribution in [0.1, 0.15) is 31.7 Å². The number of ether oxygens (including phenoxy) is 1. The van der Waals surface area contributed by atoms with Crippen molar-refractivity contribution in [3.8, 4) is 5.75 Å². The predicted molar refractivity (Wildman–Crippen MR) is 135 cm³/mol. The Kier molecular flexibility index (Phi) is 6.82. The Bertz CT molecular complexity index is 1150. The lowest BCUT2D eigenvalue weighted by molar-refractivity contribution is -0.126. The first-order chi connectivity index (χ1) is 17.2. The SMILES string of the molecule is CCCCCOc1ccc(N2C(=O)[C@@H]3[C@H](ON(c4ccccc4)[C@@H]3Cc3ccccc3)C2=O)cc1. The highest BCUT2D eigenvalue weighted by atomic mass is 16.7. The third kappa shape index (κ3) is 4.66. The third-order valence-corrected chi connectivity index (χ3v) is 6.65. The monoisotopic (exact) mass is 470 g/mol. The summed E-state index contributed by atoms with van der Waals surface area (Å²) in [7, 11) is 0. The van der Waals surface area contributed by atoms with Crippen molar-refractivity contribution in [2.45, 2.75) is 44.8 Å². The molecular formula is C29H30N2O4. The molecule has 0 N–H and O–H groups in total. The van der Waals surface area contributed by atoms with Crippen LogP contribution < -0.4 is 14.7 Å². The number of rotatable bonds is 9. The van der Waals surface area contributed by atoms with Crippen LogP contribution in [-0.4, -0.2) is 30.6 Å². The summed E-state index contributed by atoms with van der Waals surface area (Å²) in [6.45, 7) is 2.81. The molecule has 0 saturated carbocycles. The molecule has 0 bridgehead atoms. The number of benzene rings is 3. The van der Waals surface area contributed by atoms with E-state index in [0.29, 0.717) is 18.7 Å². The summed E-state index contributed by atoms with van der Waals surface area (Å²) < 4.78 is 5.78. The van der Waals surface area contributed by atoms with E-state index in [9.17, 15) is 9.59 Å². The Balaban J connectivity index is 1.38. The Hall–Kier alpha value is -3.64. The van der Waals surface area contributed by atoms with E-state index in [2.05, 4.69) is 6.92 Å². The topological polar surface area (TPSA) is 59.1 Å². The molecule has 2 amide bonds. The molecule has 0 spiro atoms. The van der Waals surface area contributed by atoms with Gasteiger partial charge in [-0.3, -0.25) is 14.4 Å². The third-order valence-electron chi connectivity index (χ3n) is 6.65. The molecule has 3 aromatic rings. The molecule has 0 aliphatic carbocycles. The first-order valence-electron chi connectivity index (χ1n) is 12.3. The van der Waals surface area contributed by atoms with Crippen molar-refractivity contribution in [1.82, 2.24) is 0 Å². The summed E-state index contributed by atoms with van der Waals surface area (Å²) >= 11 is 0. The predicted octanol–water partition coefficient (Wildman–Crippen LogP) is 5.18. The number of unbranched alkanes of at least 4 members (excludes halogenated alkanes) is 2. The van der Waals surface area contributed by atoms with Gasteiger partial charge in [0, 0.05) is 0 Å². The summed E-state index contributed by atoms with van der Waals surface area (Å²) in [6, 6.07) is 26.5. The quantitative estimate of drug-likeness (QED) is 0.319. The maximum absolute atomic E-state index is 13.7. The maximum atomic E-state index is 13.7. The molecular weight excluding hydrogens is 440 g/mol. The van der Waals surface area contributed by atoms with Crippen LogP contribution in [0.5, 0.6) is 5.75 Å². The van der Waals surface area contributed by atoms with Crippen molar-refractivity contribution in [3.05, 3.63) is 90.5 Å². The van der Waals surface area contributed by atoms with E-state index in [-0.39, 0.29) is 17.9 Å². The summed E-state index contributed by atoms with van der Waals surface area (Å²) in [6.07, 6.45) is 3.01. The minimum Gasteiger partial charge on any atom is -0.494 e. The summed E-state index contributed by atoms with van der Waals surface area (Å²) in [5.41, 5.74) is 2.47. The highest BCUT2D eigenvalue weighted by Gasteiger charge is 2.59. The number of nitrogens with zero attached hydrogens (tertiary/aromatic N) is 2. The number of fused-ring (bicyclic) bond motifs is 1. The van der Waals surface area contributed by atoms with Gasteiger partial charge in [0.05, 0.1) is 24.0 Å². The highest BCUT2D eigenvalue weighted by Crippen LogP contribution is 2.41. The lowest BCUT2D eigenvalue weighted by atomic mass is 9.91. The van der Waals surface area contributed by atoms with Crippen LogP contribution in [0.4, 0.5) is 11.4 Å². The molecule has 2 fully saturated rings. The van der Waals surface area contributed by atoms with E-state index < -0.39 is 12.0 Å². The normalized spacial score (nSPS) is 21.5. The average molecular weight is 471 g/mol. The van der Waals surface area contributed by atoms with Gasteiger partial charge in [-0.25, -0.2) is 9.96 Å². The van der Waals surface area contributed by atoms with Crippen molar-refractivity contribution < 1.29 is 19.2 Å². The van der Waals surface area contributed by atoms with Crippen LogP contribution in [-0.2, 0) is 20.8 Å². The van der Waals surface area contributed by atoms with Gasteiger partial charge in [0.25, 0.3) is 5.91 Å². The van der Waals surface area contributed by atoms with Crippen LogP contribution in [0.3, 0.4) is 0 Å². The molecule has 0 aromatic heterocycles. The standard InChI is InChI=1S/C29H30N2O4/c1-2-3-10-19-34-24-17-15-22(16-18-24)30-28(32)26-25(20-21-11-6-4-7-12-21)31(35-27(26)29(30)33)23-13-8-5-9-14-23/h4-9,11-18,25-27H,2-3,10,19-20H2,1H3/t25-,26+,27+/m1/s1. The Morgan fingerprint density at radius 3 is 2.17 bits per heavy atom. The van der Waals surface area contributed by atoms with E-state index in [1.54, 1.807) is 17.2 Å². The van der Waals surface area contributed by atoms with Crippen molar-refractivity contribution in [2.24, 2.45) is 5.92 Å². The van der Waals surface area contributed by atoms with E-state index >= 15 is 0 Å². The highest BCUT2D eigenvalue weighted by molar-refractivity contribution is 6.23. The molecule has 0 radical (unpaired) electrons. The zero-order valence-electron chi connectivity index (χ0n) is 19.9. The van der Waals surface area contributed by atoms with Gasteiger partial charge in [0.2, 0.25) is 5.91 Å². The molecule has 5 rings (SSSR count). The van der Waals surface area contributed by atoms with Crippen LogP contribution in [0.15, 0.2) is 84.9 Å². The van der Waals surface area contributed by atoms with Crippen LogP contribution in [0.25, 0.3) is 0 Å². The fourth-order valence-corrected chi connectivity index (χ4v) is 4.87. The van der Waals surface area contributed by atoms with E-state index in [4.69, 9.17) is 9.57 Å². The molecule has 2 heterocycles. The average Bonchev–Trinajstić information content (AvgIpc) is 3.38. The zero-order chi connectivity index (χ0) is 24.2. The van der Waals surface area contributed by atoms with Crippen molar-refractivity contribution in [3.63, 3.8) is 0 Å². The van der Waals surface area contributed by atoms with Gasteiger partial charge >= 0.3 is 0 Å². The zero-order valence-corrected chi connectivity index (χ0v) is 19.9. The van der Waals surface area contributed by atoms with Gasteiger partial charge < -0.3 is 4.74 Å². The largest absolute Gasteiger partial charge is 0.494 e. The summed E-state index contributed by atoms with van der Waals surface area (Å²) in [5.74, 6) is -0.408.